The first kappa shape index (κ1) is 18.0. The van der Waals surface area contributed by atoms with Gasteiger partial charge in [-0.05, 0) is 11.0 Å². The molecule has 0 heterocycles. The normalized spacial score (nSPS) is 12.4. The third kappa shape index (κ3) is 5.04. The minimum absolute atomic E-state index is 0.159. The van der Waals surface area contributed by atoms with Crippen LogP contribution in [0.5, 0.6) is 0 Å². The quantitative estimate of drug-likeness (QED) is 0.848. The van der Waals surface area contributed by atoms with Gasteiger partial charge in [-0.1, -0.05) is 51.1 Å². The van der Waals surface area contributed by atoms with Crippen molar-refractivity contribution in [1.29, 1.82) is 0 Å². The van der Waals surface area contributed by atoms with Crippen molar-refractivity contribution in [3.05, 3.63) is 35.9 Å². The van der Waals surface area contributed by atoms with E-state index >= 15 is 0 Å². The Morgan fingerprint density at radius 1 is 1.23 bits per heavy atom. The highest BCUT2D eigenvalue weighted by atomic mass is 16.6. The van der Waals surface area contributed by atoms with Crippen LogP contribution in [-0.2, 0) is 21.0 Å². The Balaban J connectivity index is 2.74. The third-order valence-corrected chi connectivity index (χ3v) is 3.15. The summed E-state index contributed by atoms with van der Waals surface area (Å²) in [5.41, 5.74) is 2.69. The summed E-state index contributed by atoms with van der Waals surface area (Å²) in [4.78, 5) is 30.3. The molecule has 0 saturated heterocycles. The number of hydroxylamine groups is 1. The van der Waals surface area contributed by atoms with Gasteiger partial charge in [-0.25, -0.2) is 10.3 Å². The Labute approximate surface area is 131 Å². The molecular weight excluding hydrogens is 284 g/mol. The number of rotatable bonds is 5. The van der Waals surface area contributed by atoms with Crippen molar-refractivity contribution in [2.75, 3.05) is 14.2 Å². The van der Waals surface area contributed by atoms with Gasteiger partial charge in [0.25, 0.3) is 5.91 Å². The molecule has 2 amide bonds. The van der Waals surface area contributed by atoms with E-state index in [1.807, 2.05) is 51.1 Å². The van der Waals surface area contributed by atoms with E-state index in [4.69, 9.17) is 4.74 Å². The molecule has 0 aromatic heterocycles. The van der Waals surface area contributed by atoms with Crippen molar-refractivity contribution >= 4 is 12.0 Å². The second-order valence-electron chi connectivity index (χ2n) is 6.09. The van der Waals surface area contributed by atoms with Crippen molar-refractivity contribution in [1.82, 2.24) is 10.4 Å². The molecule has 0 radical (unpaired) electrons. The van der Waals surface area contributed by atoms with Gasteiger partial charge in [0.2, 0.25) is 0 Å². The zero-order valence-electron chi connectivity index (χ0n) is 13.8. The minimum Gasteiger partial charge on any atom is -0.445 e. The highest BCUT2D eigenvalue weighted by Gasteiger charge is 2.38. The van der Waals surface area contributed by atoms with Crippen LogP contribution >= 0.6 is 0 Å². The predicted octanol–water partition coefficient (Wildman–Crippen LogP) is 2.35. The van der Waals surface area contributed by atoms with Gasteiger partial charge in [-0.3, -0.25) is 14.5 Å². The van der Waals surface area contributed by atoms with Crippen LogP contribution in [0.3, 0.4) is 0 Å². The summed E-state index contributed by atoms with van der Waals surface area (Å²) in [7, 11) is 2.89. The highest BCUT2D eigenvalue weighted by Crippen LogP contribution is 2.24. The molecule has 122 valence electrons. The van der Waals surface area contributed by atoms with E-state index < -0.39 is 23.5 Å². The largest absolute Gasteiger partial charge is 0.445 e. The van der Waals surface area contributed by atoms with Crippen molar-refractivity contribution in [2.45, 2.75) is 33.4 Å². The SMILES string of the molecule is CONC(=O)[C@@H](N(C)C(=O)OCc1ccccc1)C(C)(C)C. The topological polar surface area (TPSA) is 67.9 Å². The van der Waals surface area contributed by atoms with Crippen molar-refractivity contribution in [2.24, 2.45) is 5.41 Å². The summed E-state index contributed by atoms with van der Waals surface area (Å²) in [5, 5.41) is 0. The van der Waals surface area contributed by atoms with Crippen molar-refractivity contribution < 1.29 is 19.2 Å². The molecule has 6 nitrogen and oxygen atoms in total. The summed E-state index contributed by atoms with van der Waals surface area (Å²) < 4.78 is 5.26. The first-order valence-electron chi connectivity index (χ1n) is 7.03. The van der Waals surface area contributed by atoms with E-state index in [1.165, 1.54) is 12.0 Å². The third-order valence-electron chi connectivity index (χ3n) is 3.15. The molecule has 1 aromatic rings. The van der Waals surface area contributed by atoms with E-state index in [-0.39, 0.29) is 6.61 Å². The molecule has 0 spiro atoms. The van der Waals surface area contributed by atoms with Crippen LogP contribution in [0.4, 0.5) is 4.79 Å². The fourth-order valence-electron chi connectivity index (χ4n) is 2.23. The monoisotopic (exact) mass is 308 g/mol. The molecule has 1 aromatic carbocycles. The molecule has 0 unspecified atom stereocenters. The molecule has 6 heteroatoms. The van der Waals surface area contributed by atoms with Crippen LogP contribution in [0.15, 0.2) is 30.3 Å². The lowest BCUT2D eigenvalue weighted by Crippen LogP contribution is -2.54. The second-order valence-corrected chi connectivity index (χ2v) is 6.09. The molecule has 1 rings (SSSR count). The van der Waals surface area contributed by atoms with Gasteiger partial charge in [0, 0.05) is 7.05 Å². The van der Waals surface area contributed by atoms with Crippen LogP contribution in [0.25, 0.3) is 0 Å². The second kappa shape index (κ2) is 7.79. The first-order valence-corrected chi connectivity index (χ1v) is 7.03. The summed E-state index contributed by atoms with van der Waals surface area (Å²) in [6, 6.07) is 8.66. The Morgan fingerprint density at radius 2 is 1.82 bits per heavy atom. The summed E-state index contributed by atoms with van der Waals surface area (Å²) in [5.74, 6) is -0.394. The molecule has 1 atom stereocenters. The van der Waals surface area contributed by atoms with E-state index in [2.05, 4.69) is 10.3 Å². The van der Waals surface area contributed by atoms with Crippen LogP contribution in [0.1, 0.15) is 26.3 Å². The minimum atomic E-state index is -0.712. The van der Waals surface area contributed by atoms with Gasteiger partial charge < -0.3 is 4.74 Å². The van der Waals surface area contributed by atoms with Gasteiger partial charge >= 0.3 is 6.09 Å². The number of carbonyl (C=O) groups is 2. The average Bonchev–Trinajstić information content (AvgIpc) is 2.44. The van der Waals surface area contributed by atoms with Crippen LogP contribution in [-0.4, -0.2) is 37.1 Å². The number of nitrogens with one attached hydrogen (secondary N) is 1. The highest BCUT2D eigenvalue weighted by molar-refractivity contribution is 5.85. The first-order chi connectivity index (χ1) is 10.3. The lowest BCUT2D eigenvalue weighted by atomic mass is 9.85. The lowest BCUT2D eigenvalue weighted by Gasteiger charge is -2.35. The maximum absolute atomic E-state index is 12.2. The van der Waals surface area contributed by atoms with Gasteiger partial charge in [0.1, 0.15) is 12.6 Å². The zero-order valence-corrected chi connectivity index (χ0v) is 13.8. The van der Waals surface area contributed by atoms with Crippen molar-refractivity contribution in [3.63, 3.8) is 0 Å². The fourth-order valence-corrected chi connectivity index (χ4v) is 2.23. The molecule has 22 heavy (non-hydrogen) atoms. The maximum atomic E-state index is 12.2. The Morgan fingerprint density at radius 3 is 2.32 bits per heavy atom. The summed E-state index contributed by atoms with van der Waals surface area (Å²) in [6.07, 6.45) is -0.560. The van der Waals surface area contributed by atoms with Gasteiger partial charge in [-0.15, -0.1) is 0 Å². The van der Waals surface area contributed by atoms with E-state index in [1.54, 1.807) is 7.05 Å². The Bertz CT molecular complexity index is 497. The number of hydrogen-bond acceptors (Lipinski definition) is 4. The Hall–Kier alpha value is -2.08. The number of ether oxygens (including phenoxy) is 1. The van der Waals surface area contributed by atoms with E-state index in [0.717, 1.165) is 5.56 Å². The predicted molar refractivity (Wildman–Crippen MR) is 82.8 cm³/mol. The van der Waals surface area contributed by atoms with Crippen LogP contribution < -0.4 is 5.48 Å². The van der Waals surface area contributed by atoms with Crippen LogP contribution in [0, 0.1) is 5.41 Å². The number of likely N-dealkylation sites (N-methyl/N-ethyl adjacent to an activating group) is 1. The number of amides is 2. The zero-order chi connectivity index (χ0) is 16.8. The molecule has 0 aliphatic carbocycles. The molecular formula is C16H24N2O4. The standard InChI is InChI=1S/C16H24N2O4/c1-16(2,3)13(14(19)17-21-5)18(4)15(20)22-11-12-9-7-6-8-10-12/h6-10,13H,11H2,1-5H3,(H,17,19)/t13-/m1/s1. The molecule has 1 N–H and O–H groups in total. The molecule has 0 aliphatic heterocycles. The molecule has 0 aliphatic rings. The van der Waals surface area contributed by atoms with Crippen LogP contribution in [0.2, 0.25) is 0 Å². The number of benzene rings is 1. The number of carbonyl (C=O) groups excluding carboxylic acids is 2. The smallest absolute Gasteiger partial charge is 0.410 e. The van der Waals surface area contributed by atoms with Gasteiger partial charge in [0.15, 0.2) is 0 Å². The summed E-state index contributed by atoms with van der Waals surface area (Å²) >= 11 is 0. The number of hydrogen-bond donors (Lipinski definition) is 1. The van der Waals surface area contributed by atoms with Gasteiger partial charge in [-0.2, -0.15) is 0 Å². The maximum Gasteiger partial charge on any atom is 0.410 e. The van der Waals surface area contributed by atoms with Gasteiger partial charge in [0.05, 0.1) is 7.11 Å². The molecule has 0 saturated carbocycles. The number of nitrogens with zero attached hydrogens (tertiary/aromatic N) is 1. The van der Waals surface area contributed by atoms with Crippen molar-refractivity contribution in [3.8, 4) is 0 Å². The van der Waals surface area contributed by atoms with E-state index in [9.17, 15) is 9.59 Å². The molecule has 0 fully saturated rings. The lowest BCUT2D eigenvalue weighted by molar-refractivity contribution is -0.139. The summed E-state index contributed by atoms with van der Waals surface area (Å²) in [6.45, 7) is 5.77. The fraction of sp³-hybridized carbons (Fsp3) is 0.500. The van der Waals surface area contributed by atoms with E-state index in [0.29, 0.717) is 0 Å². The average molecular weight is 308 g/mol. The Kier molecular flexibility index (Phi) is 6.37. The molecule has 0 bridgehead atoms.